The van der Waals surface area contributed by atoms with Crippen LogP contribution in [0.4, 0.5) is 9.18 Å². The molecule has 1 fully saturated rings. The van der Waals surface area contributed by atoms with Gasteiger partial charge in [-0.3, -0.25) is 0 Å². The molecule has 1 saturated heterocycles. The zero-order chi connectivity index (χ0) is 10.8. The second-order valence-electron chi connectivity index (χ2n) is 3.66. The maximum atomic E-state index is 12.5. The third-order valence-electron chi connectivity index (χ3n) is 2.46. The first-order chi connectivity index (χ1) is 7.16. The Balaban J connectivity index is 1.79. The highest BCUT2D eigenvalue weighted by atomic mass is 19.1. The molecule has 0 spiro atoms. The van der Waals surface area contributed by atoms with Gasteiger partial charge in [0.15, 0.2) is 0 Å². The van der Waals surface area contributed by atoms with Gasteiger partial charge in [-0.25, -0.2) is 14.2 Å². The van der Waals surface area contributed by atoms with E-state index in [1.165, 1.54) is 4.90 Å². The van der Waals surface area contributed by atoms with Crippen molar-refractivity contribution in [2.45, 2.75) is 12.7 Å². The average Bonchev–Trinajstić information content (AvgIpc) is 2.55. The van der Waals surface area contributed by atoms with Gasteiger partial charge >= 0.3 is 6.03 Å². The number of carbonyl (C=O) groups is 1. The van der Waals surface area contributed by atoms with Crippen LogP contribution in [0, 0.1) is 0 Å². The zero-order valence-electron chi connectivity index (χ0n) is 8.48. The van der Waals surface area contributed by atoms with Gasteiger partial charge in [-0.1, -0.05) is 0 Å². The molecule has 0 unspecified atom stereocenters. The normalized spacial score (nSPS) is 16.3. The molecule has 1 aliphatic heterocycles. The number of aromatic nitrogens is 2. The molecule has 0 bridgehead atoms. The summed E-state index contributed by atoms with van der Waals surface area (Å²) in [7, 11) is 1.86. The molecular weight excluding hydrogens is 199 g/mol. The topological polar surface area (TPSA) is 50.2 Å². The van der Waals surface area contributed by atoms with Crippen molar-refractivity contribution in [2.24, 2.45) is 7.05 Å². The fourth-order valence-electron chi connectivity index (χ4n) is 1.42. The standard InChI is InChI=1S/C9H13FN4O/c1-13-6-11-2-8(13)3-12-9(15)14-4-7(10)5-14/h2,6-7H,3-5H2,1H3,(H,12,15). The average molecular weight is 212 g/mol. The first kappa shape index (κ1) is 9.95. The first-order valence-corrected chi connectivity index (χ1v) is 4.79. The number of aryl methyl sites for hydroxylation is 1. The molecule has 5 nitrogen and oxygen atoms in total. The molecule has 2 heterocycles. The van der Waals surface area contributed by atoms with Gasteiger partial charge in [0.05, 0.1) is 31.7 Å². The van der Waals surface area contributed by atoms with Crippen molar-refractivity contribution >= 4 is 6.03 Å². The number of nitrogens with one attached hydrogen (secondary N) is 1. The van der Waals surface area contributed by atoms with Gasteiger partial charge in [0, 0.05) is 13.2 Å². The van der Waals surface area contributed by atoms with Crippen LogP contribution in [0.25, 0.3) is 0 Å². The Morgan fingerprint density at radius 1 is 1.73 bits per heavy atom. The molecule has 6 heteroatoms. The highest BCUT2D eigenvalue weighted by Gasteiger charge is 2.30. The molecule has 0 saturated carbocycles. The first-order valence-electron chi connectivity index (χ1n) is 4.79. The molecule has 0 radical (unpaired) electrons. The van der Waals surface area contributed by atoms with Crippen molar-refractivity contribution in [3.63, 3.8) is 0 Å². The van der Waals surface area contributed by atoms with Gasteiger partial charge in [0.1, 0.15) is 6.17 Å². The quantitative estimate of drug-likeness (QED) is 0.765. The van der Waals surface area contributed by atoms with Crippen molar-refractivity contribution in [3.05, 3.63) is 18.2 Å². The van der Waals surface area contributed by atoms with E-state index in [1.807, 2.05) is 11.6 Å². The minimum absolute atomic E-state index is 0.206. The predicted octanol–water partition coefficient (Wildman–Crippen LogP) is 0.283. The molecule has 0 atom stereocenters. The minimum atomic E-state index is -0.854. The number of nitrogens with zero attached hydrogens (tertiary/aromatic N) is 3. The molecular formula is C9H13FN4O. The van der Waals surface area contributed by atoms with Crippen molar-refractivity contribution < 1.29 is 9.18 Å². The molecule has 82 valence electrons. The number of likely N-dealkylation sites (tertiary alicyclic amines) is 1. The number of hydrogen-bond donors (Lipinski definition) is 1. The van der Waals surface area contributed by atoms with Crippen LogP contribution in [-0.2, 0) is 13.6 Å². The lowest BCUT2D eigenvalue weighted by atomic mass is 10.2. The van der Waals surface area contributed by atoms with Crippen molar-refractivity contribution in [2.75, 3.05) is 13.1 Å². The van der Waals surface area contributed by atoms with Crippen LogP contribution in [-0.4, -0.2) is 39.7 Å². The van der Waals surface area contributed by atoms with E-state index in [0.717, 1.165) is 5.69 Å². The van der Waals surface area contributed by atoms with Crippen molar-refractivity contribution in [1.82, 2.24) is 19.8 Å². The summed E-state index contributed by atoms with van der Waals surface area (Å²) in [4.78, 5) is 16.8. The second-order valence-corrected chi connectivity index (χ2v) is 3.66. The summed E-state index contributed by atoms with van der Waals surface area (Å²) < 4.78 is 14.3. The van der Waals surface area contributed by atoms with Crippen LogP contribution < -0.4 is 5.32 Å². The number of alkyl halides is 1. The molecule has 1 N–H and O–H groups in total. The number of amides is 2. The van der Waals surface area contributed by atoms with E-state index in [1.54, 1.807) is 12.5 Å². The van der Waals surface area contributed by atoms with Gasteiger partial charge in [-0.05, 0) is 0 Å². The van der Waals surface area contributed by atoms with Crippen molar-refractivity contribution in [3.8, 4) is 0 Å². The summed E-state index contributed by atoms with van der Waals surface area (Å²) in [5, 5.41) is 2.71. The Morgan fingerprint density at radius 3 is 3.00 bits per heavy atom. The Labute approximate surface area is 86.9 Å². The van der Waals surface area contributed by atoms with Gasteiger partial charge < -0.3 is 14.8 Å². The number of halogens is 1. The van der Waals surface area contributed by atoms with Gasteiger partial charge in [0.2, 0.25) is 0 Å². The van der Waals surface area contributed by atoms with Crippen LogP contribution in [0.2, 0.25) is 0 Å². The summed E-state index contributed by atoms with van der Waals surface area (Å²) in [5.74, 6) is 0. The van der Waals surface area contributed by atoms with Crippen LogP contribution in [0.15, 0.2) is 12.5 Å². The van der Waals surface area contributed by atoms with Crippen LogP contribution in [0.5, 0.6) is 0 Å². The van der Waals surface area contributed by atoms with Gasteiger partial charge in [-0.15, -0.1) is 0 Å². The van der Waals surface area contributed by atoms with Gasteiger partial charge in [-0.2, -0.15) is 0 Å². The molecule has 2 rings (SSSR count). The molecule has 0 aromatic carbocycles. The molecule has 15 heavy (non-hydrogen) atoms. The van der Waals surface area contributed by atoms with Crippen LogP contribution in [0.3, 0.4) is 0 Å². The van der Waals surface area contributed by atoms with E-state index < -0.39 is 6.17 Å². The monoisotopic (exact) mass is 212 g/mol. The smallest absolute Gasteiger partial charge is 0.317 e. The van der Waals surface area contributed by atoms with E-state index in [-0.39, 0.29) is 19.1 Å². The van der Waals surface area contributed by atoms with Crippen LogP contribution in [0.1, 0.15) is 5.69 Å². The summed E-state index contributed by atoms with van der Waals surface area (Å²) >= 11 is 0. The maximum Gasteiger partial charge on any atom is 0.317 e. The SMILES string of the molecule is Cn1cncc1CNC(=O)N1CC(F)C1. The number of imidazole rings is 1. The summed E-state index contributed by atoms with van der Waals surface area (Å²) in [5.41, 5.74) is 0.917. The lowest BCUT2D eigenvalue weighted by Crippen LogP contribution is -2.54. The number of hydrogen-bond acceptors (Lipinski definition) is 2. The Hall–Kier alpha value is -1.59. The number of urea groups is 1. The fourth-order valence-corrected chi connectivity index (χ4v) is 1.42. The molecule has 1 aromatic heterocycles. The number of carbonyl (C=O) groups excluding carboxylic acids is 1. The zero-order valence-corrected chi connectivity index (χ0v) is 8.48. The third-order valence-corrected chi connectivity index (χ3v) is 2.46. The fraction of sp³-hybridized carbons (Fsp3) is 0.556. The molecule has 0 aliphatic carbocycles. The predicted molar refractivity (Wildman–Crippen MR) is 51.9 cm³/mol. The van der Waals surface area contributed by atoms with E-state index >= 15 is 0 Å². The highest BCUT2D eigenvalue weighted by molar-refractivity contribution is 5.75. The van der Waals surface area contributed by atoms with E-state index in [9.17, 15) is 9.18 Å². The Morgan fingerprint density at radius 2 is 2.47 bits per heavy atom. The maximum absolute atomic E-state index is 12.5. The lowest BCUT2D eigenvalue weighted by Gasteiger charge is -2.34. The van der Waals surface area contributed by atoms with E-state index in [4.69, 9.17) is 0 Å². The highest BCUT2D eigenvalue weighted by Crippen LogP contribution is 2.10. The minimum Gasteiger partial charge on any atom is -0.336 e. The van der Waals surface area contributed by atoms with Crippen LogP contribution >= 0.6 is 0 Å². The third kappa shape index (κ3) is 2.08. The largest absolute Gasteiger partial charge is 0.336 e. The van der Waals surface area contributed by atoms with Gasteiger partial charge in [0.25, 0.3) is 0 Å². The summed E-state index contributed by atoms with van der Waals surface area (Å²) in [6, 6.07) is -0.217. The lowest BCUT2D eigenvalue weighted by molar-refractivity contribution is 0.0896. The summed E-state index contributed by atoms with van der Waals surface area (Å²) in [6.45, 7) is 0.831. The Bertz CT molecular complexity index is 359. The van der Waals surface area contributed by atoms with E-state index in [2.05, 4.69) is 10.3 Å². The van der Waals surface area contributed by atoms with Crippen molar-refractivity contribution in [1.29, 1.82) is 0 Å². The molecule has 2 amide bonds. The summed E-state index contributed by atoms with van der Waals surface area (Å²) in [6.07, 6.45) is 2.50. The van der Waals surface area contributed by atoms with E-state index in [0.29, 0.717) is 6.54 Å². The number of rotatable bonds is 2. The molecule has 1 aromatic rings. The second kappa shape index (κ2) is 3.88. The Kier molecular flexibility index (Phi) is 2.57. The molecule has 1 aliphatic rings.